The first kappa shape index (κ1) is 17.8. The molecule has 0 aliphatic heterocycles. The number of rotatable bonds is 3. The van der Waals surface area contributed by atoms with Gasteiger partial charge in [-0.25, -0.2) is 4.98 Å². The molecular weight excluding hydrogens is 369 g/mol. The van der Waals surface area contributed by atoms with E-state index in [1.807, 2.05) is 30.3 Å². The summed E-state index contributed by atoms with van der Waals surface area (Å²) in [6.07, 6.45) is -3.20. The Labute approximate surface area is 157 Å². The van der Waals surface area contributed by atoms with Crippen LogP contribution in [0.25, 0.3) is 34.3 Å². The van der Waals surface area contributed by atoms with E-state index in [0.29, 0.717) is 5.69 Å². The van der Waals surface area contributed by atoms with Crippen molar-refractivity contribution < 1.29 is 17.6 Å². The summed E-state index contributed by atoms with van der Waals surface area (Å²) in [7, 11) is 0. The van der Waals surface area contributed by atoms with Crippen molar-refractivity contribution >= 4 is 0 Å². The van der Waals surface area contributed by atoms with Crippen LogP contribution in [-0.2, 0) is 6.18 Å². The van der Waals surface area contributed by atoms with Gasteiger partial charge in [0.1, 0.15) is 5.69 Å². The van der Waals surface area contributed by atoms with E-state index in [1.54, 1.807) is 6.92 Å². The van der Waals surface area contributed by atoms with Crippen molar-refractivity contribution in [2.24, 2.45) is 0 Å². The average Bonchev–Trinajstić information content (AvgIpc) is 3.18. The Morgan fingerprint density at radius 2 is 1.54 bits per heavy atom. The summed E-state index contributed by atoms with van der Waals surface area (Å²) in [5, 5.41) is 7.99. The van der Waals surface area contributed by atoms with Crippen LogP contribution in [0.1, 0.15) is 11.3 Å². The van der Waals surface area contributed by atoms with Crippen molar-refractivity contribution in [3.05, 3.63) is 72.1 Å². The van der Waals surface area contributed by atoms with Crippen LogP contribution in [0.2, 0.25) is 0 Å². The van der Waals surface area contributed by atoms with Crippen LogP contribution in [0.5, 0.6) is 0 Å². The van der Waals surface area contributed by atoms with Crippen molar-refractivity contribution in [2.75, 3.05) is 0 Å². The zero-order chi connectivity index (χ0) is 19.7. The highest BCUT2D eigenvalue weighted by molar-refractivity contribution is 5.67. The standard InChI is InChI=1S/C20H13F3N4O/c1-12-17(19-27-26-18(28-19)13-7-3-2-4-8-13)25-16(11-24-12)14-9-5-6-10-15(14)20(21,22)23/h2-11H,1H3. The maximum Gasteiger partial charge on any atom is 0.417 e. The van der Waals surface area contributed by atoms with Crippen molar-refractivity contribution in [3.63, 3.8) is 0 Å². The first-order valence-electron chi connectivity index (χ1n) is 8.33. The van der Waals surface area contributed by atoms with Gasteiger partial charge in [-0.3, -0.25) is 4.98 Å². The van der Waals surface area contributed by atoms with E-state index in [4.69, 9.17) is 4.42 Å². The summed E-state index contributed by atoms with van der Waals surface area (Å²) in [6.45, 7) is 1.67. The number of hydrogen-bond acceptors (Lipinski definition) is 5. The second-order valence-electron chi connectivity index (χ2n) is 6.01. The molecule has 8 heteroatoms. The Morgan fingerprint density at radius 3 is 2.29 bits per heavy atom. The van der Waals surface area contributed by atoms with Gasteiger partial charge in [0.2, 0.25) is 5.89 Å². The van der Waals surface area contributed by atoms with Crippen LogP contribution in [0.15, 0.2) is 65.2 Å². The Kier molecular flexibility index (Phi) is 4.38. The van der Waals surface area contributed by atoms with E-state index >= 15 is 0 Å². The topological polar surface area (TPSA) is 64.7 Å². The Bertz CT molecular complexity index is 1120. The molecule has 0 saturated carbocycles. The van der Waals surface area contributed by atoms with Gasteiger partial charge in [-0.05, 0) is 25.1 Å². The first-order chi connectivity index (χ1) is 13.4. The molecule has 0 aliphatic rings. The molecule has 0 radical (unpaired) electrons. The lowest BCUT2D eigenvalue weighted by molar-refractivity contribution is -0.137. The summed E-state index contributed by atoms with van der Waals surface area (Å²) in [4.78, 5) is 8.51. The van der Waals surface area contributed by atoms with Crippen molar-refractivity contribution in [2.45, 2.75) is 13.1 Å². The van der Waals surface area contributed by atoms with E-state index in [1.165, 1.54) is 24.4 Å². The molecule has 28 heavy (non-hydrogen) atoms. The number of alkyl halides is 3. The van der Waals surface area contributed by atoms with Gasteiger partial charge >= 0.3 is 6.18 Å². The fourth-order valence-electron chi connectivity index (χ4n) is 2.75. The van der Waals surface area contributed by atoms with Crippen LogP contribution in [0.3, 0.4) is 0 Å². The van der Waals surface area contributed by atoms with E-state index in [-0.39, 0.29) is 28.7 Å². The summed E-state index contributed by atoms with van der Waals surface area (Å²) in [6, 6.07) is 14.4. The molecule has 0 fully saturated rings. The quantitative estimate of drug-likeness (QED) is 0.488. The Balaban J connectivity index is 1.79. The van der Waals surface area contributed by atoms with Gasteiger partial charge in [-0.2, -0.15) is 13.2 Å². The number of benzene rings is 2. The number of halogens is 3. The molecule has 140 valence electrons. The zero-order valence-electron chi connectivity index (χ0n) is 14.6. The molecular formula is C20H13F3N4O. The van der Waals surface area contributed by atoms with Crippen LogP contribution < -0.4 is 0 Å². The predicted molar refractivity (Wildman–Crippen MR) is 95.9 cm³/mol. The highest BCUT2D eigenvalue weighted by Crippen LogP contribution is 2.36. The van der Waals surface area contributed by atoms with E-state index < -0.39 is 11.7 Å². The molecule has 0 aliphatic carbocycles. The molecule has 4 rings (SSSR count). The lowest BCUT2D eigenvalue weighted by Crippen LogP contribution is -2.08. The number of hydrogen-bond donors (Lipinski definition) is 0. The van der Waals surface area contributed by atoms with Crippen LogP contribution in [0.4, 0.5) is 13.2 Å². The summed E-state index contributed by atoms with van der Waals surface area (Å²) in [5.74, 6) is 0.382. The van der Waals surface area contributed by atoms with Crippen LogP contribution in [0, 0.1) is 6.92 Å². The monoisotopic (exact) mass is 382 g/mol. The van der Waals surface area contributed by atoms with Gasteiger partial charge in [-0.1, -0.05) is 36.4 Å². The van der Waals surface area contributed by atoms with Crippen LogP contribution >= 0.6 is 0 Å². The molecule has 2 aromatic carbocycles. The third-order valence-corrected chi connectivity index (χ3v) is 4.11. The fraction of sp³-hybridized carbons (Fsp3) is 0.100. The molecule has 0 bridgehead atoms. The largest absolute Gasteiger partial charge is 0.417 e. The minimum absolute atomic E-state index is 0.0634. The Morgan fingerprint density at radius 1 is 0.857 bits per heavy atom. The summed E-state index contributed by atoms with van der Waals surface area (Å²) < 4.78 is 45.7. The second-order valence-corrected chi connectivity index (χ2v) is 6.01. The van der Waals surface area contributed by atoms with Gasteiger partial charge in [0.05, 0.1) is 23.1 Å². The van der Waals surface area contributed by atoms with E-state index in [9.17, 15) is 13.2 Å². The average molecular weight is 382 g/mol. The second kappa shape index (κ2) is 6.88. The van der Waals surface area contributed by atoms with Crippen molar-refractivity contribution in [1.82, 2.24) is 20.2 Å². The van der Waals surface area contributed by atoms with Gasteiger partial charge in [0.25, 0.3) is 5.89 Å². The molecule has 0 spiro atoms. The smallest absolute Gasteiger partial charge is 0.415 e. The molecule has 2 heterocycles. The van der Waals surface area contributed by atoms with Gasteiger partial charge in [0.15, 0.2) is 0 Å². The maximum atomic E-state index is 13.3. The third kappa shape index (κ3) is 3.36. The Hall–Kier alpha value is -3.55. The van der Waals surface area contributed by atoms with Crippen LogP contribution in [-0.4, -0.2) is 20.2 Å². The maximum absolute atomic E-state index is 13.3. The molecule has 0 saturated heterocycles. The lowest BCUT2D eigenvalue weighted by Gasteiger charge is -2.12. The van der Waals surface area contributed by atoms with E-state index in [2.05, 4.69) is 20.2 Å². The predicted octanol–water partition coefficient (Wildman–Crippen LogP) is 5.19. The minimum Gasteiger partial charge on any atom is -0.415 e. The van der Waals surface area contributed by atoms with Gasteiger partial charge in [0, 0.05) is 11.1 Å². The molecule has 5 nitrogen and oxygen atoms in total. The van der Waals surface area contributed by atoms with Gasteiger partial charge in [-0.15, -0.1) is 10.2 Å². The SMILES string of the molecule is Cc1ncc(-c2ccccc2C(F)(F)F)nc1-c1nnc(-c2ccccc2)o1. The van der Waals surface area contributed by atoms with Crippen molar-refractivity contribution in [3.8, 4) is 34.3 Å². The lowest BCUT2D eigenvalue weighted by atomic mass is 10.0. The summed E-state index contributed by atoms with van der Waals surface area (Å²) >= 11 is 0. The normalized spacial score (nSPS) is 11.6. The molecule has 0 amide bonds. The number of aromatic nitrogens is 4. The van der Waals surface area contributed by atoms with Crippen molar-refractivity contribution in [1.29, 1.82) is 0 Å². The van der Waals surface area contributed by atoms with Gasteiger partial charge < -0.3 is 4.42 Å². The van der Waals surface area contributed by atoms with E-state index in [0.717, 1.165) is 11.6 Å². The third-order valence-electron chi connectivity index (χ3n) is 4.11. The minimum atomic E-state index is -4.51. The first-order valence-corrected chi connectivity index (χ1v) is 8.33. The zero-order valence-corrected chi connectivity index (χ0v) is 14.6. The highest BCUT2D eigenvalue weighted by atomic mass is 19.4. The number of nitrogens with zero attached hydrogens (tertiary/aromatic N) is 4. The highest BCUT2D eigenvalue weighted by Gasteiger charge is 2.34. The number of aryl methyl sites for hydroxylation is 1. The molecule has 0 unspecified atom stereocenters. The molecule has 0 N–H and O–H groups in total. The fourth-order valence-corrected chi connectivity index (χ4v) is 2.75. The summed E-state index contributed by atoms with van der Waals surface area (Å²) in [5.41, 5.74) is 0.667. The molecule has 2 aromatic heterocycles. The molecule has 0 atom stereocenters. The molecule has 4 aromatic rings.